The number of ether oxygens (including phenoxy) is 2. The van der Waals surface area contributed by atoms with Crippen molar-refractivity contribution in [2.75, 3.05) is 32.7 Å². The van der Waals surface area contributed by atoms with Crippen molar-refractivity contribution in [3.05, 3.63) is 29.8 Å². The van der Waals surface area contributed by atoms with Gasteiger partial charge in [0.1, 0.15) is 0 Å². The highest BCUT2D eigenvalue weighted by Gasteiger charge is 2.31. The molecule has 0 saturated heterocycles. The van der Waals surface area contributed by atoms with Crippen LogP contribution in [0.3, 0.4) is 0 Å². The van der Waals surface area contributed by atoms with E-state index in [1.54, 1.807) is 14.2 Å². The number of anilines is 1. The maximum absolute atomic E-state index is 5.99. The summed E-state index contributed by atoms with van der Waals surface area (Å²) in [6.07, 6.45) is 0.460. The topological polar surface area (TPSA) is 47.7 Å². The second kappa shape index (κ2) is 6.89. The molecule has 0 bridgehead atoms. The van der Waals surface area contributed by atoms with Gasteiger partial charge in [0.15, 0.2) is 6.29 Å². The summed E-state index contributed by atoms with van der Waals surface area (Å²) < 4.78 is 10.6. The van der Waals surface area contributed by atoms with Gasteiger partial charge in [0.05, 0.1) is 5.54 Å². The molecule has 108 valence electrons. The van der Waals surface area contributed by atoms with Gasteiger partial charge in [-0.1, -0.05) is 12.1 Å². The monoisotopic (exact) mass is 266 g/mol. The van der Waals surface area contributed by atoms with E-state index < -0.39 is 0 Å². The van der Waals surface area contributed by atoms with E-state index in [-0.39, 0.29) is 11.8 Å². The third-order valence-electron chi connectivity index (χ3n) is 3.77. The highest BCUT2D eigenvalue weighted by atomic mass is 16.7. The van der Waals surface area contributed by atoms with Gasteiger partial charge in [-0.15, -0.1) is 0 Å². The van der Waals surface area contributed by atoms with Crippen LogP contribution >= 0.6 is 0 Å². The summed E-state index contributed by atoms with van der Waals surface area (Å²) >= 11 is 0. The quantitative estimate of drug-likeness (QED) is 0.768. The molecule has 0 radical (unpaired) electrons. The van der Waals surface area contributed by atoms with Gasteiger partial charge in [0.2, 0.25) is 0 Å². The lowest BCUT2D eigenvalue weighted by molar-refractivity contribution is -0.115. The Morgan fingerprint density at radius 2 is 1.95 bits per heavy atom. The Kier molecular flexibility index (Phi) is 5.79. The highest BCUT2D eigenvalue weighted by Crippen LogP contribution is 2.27. The molecule has 0 spiro atoms. The molecular formula is C15H26N2O2. The first kappa shape index (κ1) is 16.0. The van der Waals surface area contributed by atoms with Crippen LogP contribution in [0, 0.1) is 6.92 Å². The molecule has 1 unspecified atom stereocenters. The van der Waals surface area contributed by atoms with E-state index >= 15 is 0 Å². The van der Waals surface area contributed by atoms with Gasteiger partial charge < -0.3 is 20.1 Å². The summed E-state index contributed by atoms with van der Waals surface area (Å²) in [5.74, 6) is 0. The van der Waals surface area contributed by atoms with Crippen LogP contribution in [0.1, 0.15) is 18.9 Å². The molecule has 1 atom stereocenters. The van der Waals surface area contributed by atoms with Gasteiger partial charge in [-0.25, -0.2) is 0 Å². The average Bonchev–Trinajstić information content (AvgIpc) is 2.43. The highest BCUT2D eigenvalue weighted by molar-refractivity contribution is 5.50. The summed E-state index contributed by atoms with van der Waals surface area (Å²) in [4.78, 5) is 2.20. The summed E-state index contributed by atoms with van der Waals surface area (Å²) in [7, 11) is 5.36. The van der Waals surface area contributed by atoms with Crippen LogP contribution < -0.4 is 10.6 Å². The van der Waals surface area contributed by atoms with Crippen molar-refractivity contribution < 1.29 is 9.47 Å². The Balaban J connectivity index is 2.94. The number of nitrogens with two attached hydrogens (primary N) is 1. The maximum atomic E-state index is 5.99. The van der Waals surface area contributed by atoms with Gasteiger partial charge in [0.25, 0.3) is 0 Å². The van der Waals surface area contributed by atoms with Crippen molar-refractivity contribution >= 4 is 5.69 Å². The molecule has 0 amide bonds. The lowest BCUT2D eigenvalue weighted by atomic mass is 9.94. The smallest absolute Gasteiger partial charge is 0.159 e. The number of benzene rings is 1. The van der Waals surface area contributed by atoms with Gasteiger partial charge in [0, 0.05) is 39.9 Å². The number of hydrogen-bond acceptors (Lipinski definition) is 4. The first-order valence-electron chi connectivity index (χ1n) is 6.53. The standard InChI is InChI=1S/C15H26N2O2/c1-12-7-6-8-13(9-12)17(3)15(2,11-16)10-14(18-4)19-5/h6-9,14H,10-11,16H2,1-5H3. The molecule has 1 rings (SSSR count). The summed E-state index contributed by atoms with van der Waals surface area (Å²) in [6, 6.07) is 8.39. The van der Waals surface area contributed by atoms with Gasteiger partial charge >= 0.3 is 0 Å². The molecule has 0 heterocycles. The molecular weight excluding hydrogens is 240 g/mol. The van der Waals surface area contributed by atoms with Crippen LogP contribution in [0.2, 0.25) is 0 Å². The molecule has 1 aromatic carbocycles. The molecule has 0 aromatic heterocycles. The van der Waals surface area contributed by atoms with E-state index in [4.69, 9.17) is 15.2 Å². The van der Waals surface area contributed by atoms with Crippen molar-refractivity contribution in [2.45, 2.75) is 32.1 Å². The van der Waals surface area contributed by atoms with E-state index in [0.717, 1.165) is 5.69 Å². The normalized spacial score (nSPS) is 14.5. The van der Waals surface area contributed by atoms with Gasteiger partial charge in [-0.05, 0) is 31.5 Å². The molecule has 0 fully saturated rings. The molecule has 1 aromatic rings. The van der Waals surface area contributed by atoms with Crippen LogP contribution in [-0.4, -0.2) is 39.6 Å². The number of methoxy groups -OCH3 is 2. The van der Waals surface area contributed by atoms with Crippen LogP contribution in [0.15, 0.2) is 24.3 Å². The van der Waals surface area contributed by atoms with Crippen LogP contribution in [0.4, 0.5) is 5.69 Å². The molecule has 0 aliphatic heterocycles. The van der Waals surface area contributed by atoms with Crippen molar-refractivity contribution in [2.24, 2.45) is 5.73 Å². The van der Waals surface area contributed by atoms with Crippen molar-refractivity contribution in [3.63, 3.8) is 0 Å². The Labute approximate surface area is 116 Å². The average molecular weight is 266 g/mol. The van der Waals surface area contributed by atoms with Crippen molar-refractivity contribution in [1.82, 2.24) is 0 Å². The fourth-order valence-corrected chi connectivity index (χ4v) is 2.13. The number of aryl methyl sites for hydroxylation is 1. The Hall–Kier alpha value is -1.10. The van der Waals surface area contributed by atoms with E-state index in [1.165, 1.54) is 5.56 Å². The fraction of sp³-hybridized carbons (Fsp3) is 0.600. The summed E-state index contributed by atoms with van der Waals surface area (Å²) in [6.45, 7) is 4.74. The fourth-order valence-electron chi connectivity index (χ4n) is 2.13. The number of hydrogen-bond donors (Lipinski definition) is 1. The largest absolute Gasteiger partial charge is 0.368 e. The Bertz CT molecular complexity index is 393. The maximum Gasteiger partial charge on any atom is 0.159 e. The molecule has 19 heavy (non-hydrogen) atoms. The molecule has 0 aliphatic rings. The number of nitrogens with zero attached hydrogens (tertiary/aromatic N) is 1. The Morgan fingerprint density at radius 1 is 1.32 bits per heavy atom. The van der Waals surface area contributed by atoms with E-state index in [2.05, 4.69) is 50.1 Å². The van der Waals surface area contributed by atoms with Crippen LogP contribution in [-0.2, 0) is 9.47 Å². The first-order chi connectivity index (χ1) is 8.96. The predicted octanol–water partition coefficient (Wildman–Crippen LogP) is 2.16. The molecule has 4 nitrogen and oxygen atoms in total. The van der Waals surface area contributed by atoms with E-state index in [0.29, 0.717) is 13.0 Å². The minimum atomic E-state index is -0.249. The number of likely N-dealkylation sites (N-methyl/N-ethyl adjacent to an activating group) is 1. The van der Waals surface area contributed by atoms with Crippen LogP contribution in [0.25, 0.3) is 0 Å². The molecule has 4 heteroatoms. The third kappa shape index (κ3) is 3.93. The second-order valence-corrected chi connectivity index (χ2v) is 5.20. The minimum Gasteiger partial charge on any atom is -0.368 e. The zero-order valence-electron chi connectivity index (χ0n) is 12.6. The van der Waals surface area contributed by atoms with Gasteiger partial charge in [-0.2, -0.15) is 0 Å². The Morgan fingerprint density at radius 3 is 2.42 bits per heavy atom. The zero-order chi connectivity index (χ0) is 14.5. The summed E-state index contributed by atoms with van der Waals surface area (Å²) in [5, 5.41) is 0. The second-order valence-electron chi connectivity index (χ2n) is 5.20. The summed E-state index contributed by atoms with van der Waals surface area (Å²) in [5.41, 5.74) is 8.16. The zero-order valence-corrected chi connectivity index (χ0v) is 12.6. The minimum absolute atomic E-state index is 0.218. The lowest BCUT2D eigenvalue weighted by Gasteiger charge is -2.41. The lowest BCUT2D eigenvalue weighted by Crippen LogP contribution is -2.52. The van der Waals surface area contributed by atoms with E-state index in [9.17, 15) is 0 Å². The predicted molar refractivity (Wildman–Crippen MR) is 79.5 cm³/mol. The third-order valence-corrected chi connectivity index (χ3v) is 3.77. The number of rotatable bonds is 7. The molecule has 2 N–H and O–H groups in total. The van der Waals surface area contributed by atoms with E-state index in [1.807, 2.05) is 0 Å². The molecule has 0 saturated carbocycles. The first-order valence-corrected chi connectivity index (χ1v) is 6.53. The van der Waals surface area contributed by atoms with Crippen molar-refractivity contribution in [1.29, 1.82) is 0 Å². The SMILES string of the molecule is COC(CC(C)(CN)N(C)c1cccc(C)c1)OC. The van der Waals surface area contributed by atoms with Gasteiger partial charge in [-0.3, -0.25) is 0 Å². The molecule has 0 aliphatic carbocycles. The van der Waals surface area contributed by atoms with Crippen molar-refractivity contribution in [3.8, 4) is 0 Å². The van der Waals surface area contributed by atoms with Crippen LogP contribution in [0.5, 0.6) is 0 Å².